The molecule has 0 aliphatic carbocycles. The number of amides is 1. The highest BCUT2D eigenvalue weighted by molar-refractivity contribution is 7.99. The Morgan fingerprint density at radius 3 is 3.19 bits per heavy atom. The van der Waals surface area contributed by atoms with E-state index in [1.54, 1.807) is 17.5 Å². The molecule has 6 nitrogen and oxygen atoms in total. The van der Waals surface area contributed by atoms with Gasteiger partial charge >= 0.3 is 0 Å². The van der Waals surface area contributed by atoms with Gasteiger partial charge in [0, 0.05) is 6.54 Å². The summed E-state index contributed by atoms with van der Waals surface area (Å²) in [7, 11) is 0. The van der Waals surface area contributed by atoms with E-state index in [2.05, 4.69) is 22.1 Å². The zero-order valence-corrected chi connectivity index (χ0v) is 13.0. The zero-order chi connectivity index (χ0) is 15.2. The van der Waals surface area contributed by atoms with Gasteiger partial charge in [0.25, 0.3) is 0 Å². The molecule has 1 amide bonds. The van der Waals surface area contributed by atoms with Gasteiger partial charge in [0.1, 0.15) is 16.9 Å². The van der Waals surface area contributed by atoms with Crippen molar-refractivity contribution >= 4 is 34.0 Å². The number of rotatable bonds is 6. The Morgan fingerprint density at radius 1 is 1.67 bits per heavy atom. The van der Waals surface area contributed by atoms with Crippen LogP contribution in [0.25, 0.3) is 0 Å². The summed E-state index contributed by atoms with van der Waals surface area (Å²) >= 11 is 2.63. The second kappa shape index (κ2) is 7.06. The Labute approximate surface area is 130 Å². The summed E-state index contributed by atoms with van der Waals surface area (Å²) in [6.45, 7) is 6.14. The molecule has 0 bridgehead atoms. The van der Waals surface area contributed by atoms with Gasteiger partial charge in [0.2, 0.25) is 5.91 Å². The molecule has 2 rings (SSSR count). The minimum Gasteiger partial charge on any atom is -0.316 e. The number of thiophene rings is 1. The number of hydrogen-bond donors (Lipinski definition) is 1. The molecular formula is C13H13N5OS2. The van der Waals surface area contributed by atoms with Gasteiger partial charge in [-0.2, -0.15) is 5.26 Å². The largest absolute Gasteiger partial charge is 0.316 e. The van der Waals surface area contributed by atoms with Gasteiger partial charge < -0.3 is 9.88 Å². The third-order valence-electron chi connectivity index (χ3n) is 2.58. The van der Waals surface area contributed by atoms with Crippen LogP contribution in [0.15, 0.2) is 29.3 Å². The van der Waals surface area contributed by atoms with Crippen molar-refractivity contribution < 1.29 is 4.79 Å². The Bertz CT molecular complexity index is 698. The summed E-state index contributed by atoms with van der Waals surface area (Å²) in [5.74, 6) is 0.811. The van der Waals surface area contributed by atoms with Crippen molar-refractivity contribution in [3.8, 4) is 6.07 Å². The molecule has 108 valence electrons. The van der Waals surface area contributed by atoms with Crippen molar-refractivity contribution in [1.29, 1.82) is 5.26 Å². The average Bonchev–Trinajstić information content (AvgIpc) is 3.05. The molecule has 0 radical (unpaired) electrons. The van der Waals surface area contributed by atoms with Crippen LogP contribution in [-0.2, 0) is 11.3 Å². The van der Waals surface area contributed by atoms with Crippen LogP contribution < -0.4 is 5.32 Å². The van der Waals surface area contributed by atoms with Gasteiger partial charge in [-0.15, -0.1) is 28.1 Å². The van der Waals surface area contributed by atoms with Crippen LogP contribution in [-0.4, -0.2) is 26.4 Å². The first-order valence-corrected chi connectivity index (χ1v) is 7.93. The van der Waals surface area contributed by atoms with Crippen LogP contribution in [0, 0.1) is 18.3 Å². The van der Waals surface area contributed by atoms with Gasteiger partial charge in [-0.3, -0.25) is 4.79 Å². The number of carbonyl (C=O) groups is 1. The first-order chi connectivity index (χ1) is 10.2. The van der Waals surface area contributed by atoms with E-state index in [1.165, 1.54) is 23.1 Å². The second-order valence-corrected chi connectivity index (χ2v) is 5.90. The topological polar surface area (TPSA) is 83.6 Å². The molecule has 0 aliphatic heterocycles. The summed E-state index contributed by atoms with van der Waals surface area (Å²) in [5.41, 5.74) is 0.476. The first-order valence-electron chi connectivity index (χ1n) is 6.06. The highest BCUT2D eigenvalue weighted by Crippen LogP contribution is 2.23. The highest BCUT2D eigenvalue weighted by Gasteiger charge is 2.12. The maximum Gasteiger partial charge on any atom is 0.235 e. The van der Waals surface area contributed by atoms with Crippen molar-refractivity contribution in [2.24, 2.45) is 0 Å². The molecule has 1 N–H and O–H groups in total. The number of nitriles is 1. The van der Waals surface area contributed by atoms with Crippen LogP contribution in [0.2, 0.25) is 0 Å². The lowest BCUT2D eigenvalue weighted by molar-refractivity contribution is -0.113. The Balaban J connectivity index is 1.96. The van der Waals surface area contributed by atoms with E-state index in [9.17, 15) is 4.79 Å². The maximum atomic E-state index is 11.9. The summed E-state index contributed by atoms with van der Waals surface area (Å²) in [6.07, 6.45) is 1.76. The predicted octanol–water partition coefficient (Wildman–Crippen LogP) is 2.44. The lowest BCUT2D eigenvalue weighted by Gasteiger charge is -2.05. The fraction of sp³-hybridized carbons (Fsp3) is 0.231. The van der Waals surface area contributed by atoms with Gasteiger partial charge in [-0.05, 0) is 18.4 Å². The van der Waals surface area contributed by atoms with Crippen LogP contribution in [0.4, 0.5) is 5.00 Å². The number of aryl methyl sites for hydroxylation is 1. The molecule has 0 aliphatic rings. The highest BCUT2D eigenvalue weighted by atomic mass is 32.2. The molecule has 2 heterocycles. The van der Waals surface area contributed by atoms with E-state index in [1.807, 2.05) is 17.6 Å². The third kappa shape index (κ3) is 3.71. The molecule has 2 aromatic rings. The Hall–Kier alpha value is -2.11. The van der Waals surface area contributed by atoms with Crippen LogP contribution >= 0.6 is 23.1 Å². The normalized spacial score (nSPS) is 10.1. The lowest BCUT2D eigenvalue weighted by atomic mass is 10.3. The minimum atomic E-state index is -0.176. The number of nitrogens with zero attached hydrogens (tertiary/aromatic N) is 4. The molecular weight excluding hydrogens is 306 g/mol. The SMILES string of the molecule is C=CCn1c(C)nnc1SCC(=O)Nc1sccc1C#N. The molecule has 8 heteroatoms. The third-order valence-corrected chi connectivity index (χ3v) is 4.38. The number of thioether (sulfide) groups is 1. The van der Waals surface area contributed by atoms with Crippen LogP contribution in [0.5, 0.6) is 0 Å². The first kappa shape index (κ1) is 15.3. The number of aromatic nitrogens is 3. The molecule has 0 spiro atoms. The fourth-order valence-corrected chi connectivity index (χ4v) is 3.14. The van der Waals surface area contributed by atoms with Gasteiger partial charge in [-0.25, -0.2) is 0 Å². The molecule has 2 aromatic heterocycles. The van der Waals surface area contributed by atoms with E-state index in [0.717, 1.165) is 5.82 Å². The van der Waals surface area contributed by atoms with E-state index in [4.69, 9.17) is 5.26 Å². The maximum absolute atomic E-state index is 11.9. The Morgan fingerprint density at radius 2 is 2.48 bits per heavy atom. The van der Waals surface area contributed by atoms with Gasteiger partial charge in [0.05, 0.1) is 11.3 Å². The molecule has 0 atom stereocenters. The molecule has 21 heavy (non-hydrogen) atoms. The predicted molar refractivity (Wildman–Crippen MR) is 83.3 cm³/mol. The molecule has 0 saturated carbocycles. The second-order valence-electron chi connectivity index (χ2n) is 4.04. The molecule has 0 aromatic carbocycles. The van der Waals surface area contributed by atoms with Crippen LogP contribution in [0.1, 0.15) is 11.4 Å². The number of allylic oxidation sites excluding steroid dienone is 1. The summed E-state index contributed by atoms with van der Waals surface area (Å²) in [4.78, 5) is 11.9. The Kier molecular flexibility index (Phi) is 5.14. The average molecular weight is 319 g/mol. The molecule has 0 saturated heterocycles. The smallest absolute Gasteiger partial charge is 0.235 e. The van der Waals surface area contributed by atoms with Crippen molar-refractivity contribution in [2.45, 2.75) is 18.6 Å². The van der Waals surface area contributed by atoms with Crippen molar-refractivity contribution in [2.75, 3.05) is 11.1 Å². The lowest BCUT2D eigenvalue weighted by Crippen LogP contribution is -2.14. The van der Waals surface area contributed by atoms with E-state index in [-0.39, 0.29) is 11.7 Å². The minimum absolute atomic E-state index is 0.176. The van der Waals surface area contributed by atoms with E-state index in [0.29, 0.717) is 22.3 Å². The monoisotopic (exact) mass is 319 g/mol. The quantitative estimate of drug-likeness (QED) is 0.653. The van der Waals surface area contributed by atoms with E-state index >= 15 is 0 Å². The number of anilines is 1. The molecule has 0 fully saturated rings. The van der Waals surface area contributed by atoms with E-state index < -0.39 is 0 Å². The van der Waals surface area contributed by atoms with Crippen LogP contribution in [0.3, 0.4) is 0 Å². The number of carbonyl (C=O) groups excluding carboxylic acids is 1. The fourth-order valence-electron chi connectivity index (χ4n) is 1.59. The summed E-state index contributed by atoms with van der Waals surface area (Å²) in [5, 5.41) is 22.7. The van der Waals surface area contributed by atoms with Gasteiger partial charge in [0.15, 0.2) is 5.16 Å². The standard InChI is InChI=1S/C13H13N5OS2/c1-3-5-18-9(2)16-17-13(18)21-8-11(19)15-12-10(7-14)4-6-20-12/h3-4,6H,1,5,8H2,2H3,(H,15,19). The zero-order valence-electron chi connectivity index (χ0n) is 11.4. The van der Waals surface area contributed by atoms with Crippen molar-refractivity contribution in [3.63, 3.8) is 0 Å². The van der Waals surface area contributed by atoms with Gasteiger partial charge in [-0.1, -0.05) is 17.8 Å². The van der Waals surface area contributed by atoms with Crippen molar-refractivity contribution in [3.05, 3.63) is 35.5 Å². The summed E-state index contributed by atoms with van der Waals surface area (Å²) < 4.78 is 1.89. The number of nitrogens with one attached hydrogen (secondary N) is 1. The summed E-state index contributed by atoms with van der Waals surface area (Å²) in [6, 6.07) is 3.71. The number of hydrogen-bond acceptors (Lipinski definition) is 6. The van der Waals surface area contributed by atoms with Crippen molar-refractivity contribution in [1.82, 2.24) is 14.8 Å². The molecule has 0 unspecified atom stereocenters.